The molecular weight excluding hydrogens is 241 g/mol. The molecule has 5 heteroatoms. The number of alkyl halides is 1. The zero-order chi connectivity index (χ0) is 12.1. The maximum absolute atomic E-state index is 13.7. The largest absolute Gasteiger partial charge is 0.253 e. The molecule has 1 aromatic carbocycles. The van der Waals surface area contributed by atoms with Gasteiger partial charge in [0.15, 0.2) is 0 Å². The van der Waals surface area contributed by atoms with Crippen LogP contribution in [0.3, 0.4) is 0 Å². The fraction of sp³-hybridized carbons (Fsp3) is 0.333. The smallest absolute Gasteiger partial charge is 0.137 e. The standard InChI is InChI=1S/C12H13ClFN3/c13-11-3-1-10(2-4-11)7-12(14)5-6-17-9-15-8-16-17/h1-4,8-9,12H,5-7H2. The molecule has 2 rings (SSSR count). The van der Waals surface area contributed by atoms with Crippen LogP contribution in [0.4, 0.5) is 4.39 Å². The predicted octanol–water partition coefficient (Wildman–Crippen LogP) is 2.90. The van der Waals surface area contributed by atoms with Gasteiger partial charge in [-0.2, -0.15) is 5.10 Å². The summed E-state index contributed by atoms with van der Waals surface area (Å²) in [6.07, 6.45) is 3.01. The number of rotatable bonds is 5. The molecule has 0 saturated heterocycles. The second-order valence-corrected chi connectivity index (χ2v) is 4.31. The third-order valence-electron chi connectivity index (χ3n) is 2.51. The molecule has 0 spiro atoms. The summed E-state index contributed by atoms with van der Waals surface area (Å²) in [5.74, 6) is 0. The van der Waals surface area contributed by atoms with Crippen LogP contribution in [0.1, 0.15) is 12.0 Å². The van der Waals surface area contributed by atoms with E-state index in [0.717, 1.165) is 5.56 Å². The lowest BCUT2D eigenvalue weighted by atomic mass is 10.1. The first kappa shape index (κ1) is 12.0. The molecule has 1 heterocycles. The first-order chi connectivity index (χ1) is 8.24. The minimum Gasteiger partial charge on any atom is -0.253 e. The van der Waals surface area contributed by atoms with Gasteiger partial charge < -0.3 is 0 Å². The summed E-state index contributed by atoms with van der Waals surface area (Å²) in [7, 11) is 0. The maximum atomic E-state index is 13.7. The van der Waals surface area contributed by atoms with E-state index in [1.807, 2.05) is 12.1 Å². The highest BCUT2D eigenvalue weighted by atomic mass is 35.5. The van der Waals surface area contributed by atoms with Crippen LogP contribution in [0.15, 0.2) is 36.9 Å². The molecule has 1 atom stereocenters. The lowest BCUT2D eigenvalue weighted by Gasteiger charge is -2.08. The van der Waals surface area contributed by atoms with Gasteiger partial charge in [-0.25, -0.2) is 9.37 Å². The molecule has 3 nitrogen and oxygen atoms in total. The first-order valence-corrected chi connectivity index (χ1v) is 5.83. The van der Waals surface area contributed by atoms with E-state index >= 15 is 0 Å². The van der Waals surface area contributed by atoms with Crippen LogP contribution in [-0.4, -0.2) is 20.9 Å². The fourth-order valence-electron chi connectivity index (χ4n) is 1.60. The van der Waals surface area contributed by atoms with E-state index in [9.17, 15) is 4.39 Å². The van der Waals surface area contributed by atoms with Crippen LogP contribution in [0.25, 0.3) is 0 Å². The number of hydrogen-bond donors (Lipinski definition) is 0. The van der Waals surface area contributed by atoms with Crippen LogP contribution in [0.2, 0.25) is 5.02 Å². The Morgan fingerprint density at radius 1 is 1.29 bits per heavy atom. The fourth-order valence-corrected chi connectivity index (χ4v) is 1.72. The van der Waals surface area contributed by atoms with Crippen LogP contribution in [0, 0.1) is 0 Å². The molecule has 1 aromatic heterocycles. The Hall–Kier alpha value is -1.42. The quantitative estimate of drug-likeness (QED) is 0.820. The second-order valence-electron chi connectivity index (χ2n) is 3.88. The lowest BCUT2D eigenvalue weighted by Crippen LogP contribution is -2.10. The molecule has 1 unspecified atom stereocenters. The van der Waals surface area contributed by atoms with E-state index in [2.05, 4.69) is 10.1 Å². The van der Waals surface area contributed by atoms with E-state index in [-0.39, 0.29) is 0 Å². The molecule has 0 aliphatic carbocycles. The predicted molar refractivity (Wildman–Crippen MR) is 64.7 cm³/mol. The van der Waals surface area contributed by atoms with Crippen molar-refractivity contribution in [1.82, 2.24) is 14.8 Å². The third kappa shape index (κ3) is 3.82. The summed E-state index contributed by atoms with van der Waals surface area (Å²) in [5, 5.41) is 4.60. The number of hydrogen-bond acceptors (Lipinski definition) is 2. The van der Waals surface area contributed by atoms with Crippen LogP contribution in [0.5, 0.6) is 0 Å². The zero-order valence-electron chi connectivity index (χ0n) is 9.26. The Balaban J connectivity index is 1.80. The van der Waals surface area contributed by atoms with Gasteiger partial charge in [-0.15, -0.1) is 0 Å². The monoisotopic (exact) mass is 253 g/mol. The van der Waals surface area contributed by atoms with Crippen molar-refractivity contribution >= 4 is 11.6 Å². The summed E-state index contributed by atoms with van der Waals surface area (Å²) in [6.45, 7) is 0.550. The molecule has 90 valence electrons. The third-order valence-corrected chi connectivity index (χ3v) is 2.76. The van der Waals surface area contributed by atoms with Crippen LogP contribution < -0.4 is 0 Å². The minimum atomic E-state index is -0.875. The Morgan fingerprint density at radius 3 is 2.71 bits per heavy atom. The molecule has 0 amide bonds. The highest BCUT2D eigenvalue weighted by Gasteiger charge is 2.08. The Morgan fingerprint density at radius 2 is 2.06 bits per heavy atom. The molecule has 0 N–H and O–H groups in total. The van der Waals surface area contributed by atoms with Gasteiger partial charge >= 0.3 is 0 Å². The van der Waals surface area contributed by atoms with E-state index < -0.39 is 6.17 Å². The van der Waals surface area contributed by atoms with E-state index in [1.54, 1.807) is 23.1 Å². The van der Waals surface area contributed by atoms with Crippen molar-refractivity contribution in [2.75, 3.05) is 0 Å². The van der Waals surface area contributed by atoms with Crippen molar-refractivity contribution in [2.24, 2.45) is 0 Å². The maximum Gasteiger partial charge on any atom is 0.137 e. The minimum absolute atomic E-state index is 0.409. The number of aryl methyl sites for hydroxylation is 1. The van der Waals surface area contributed by atoms with Gasteiger partial charge in [0.25, 0.3) is 0 Å². The molecule has 0 aliphatic rings. The average molecular weight is 254 g/mol. The highest BCUT2D eigenvalue weighted by Crippen LogP contribution is 2.13. The van der Waals surface area contributed by atoms with Crippen LogP contribution in [-0.2, 0) is 13.0 Å². The Kier molecular flexibility index (Phi) is 4.09. The van der Waals surface area contributed by atoms with Gasteiger partial charge in [-0.3, -0.25) is 4.68 Å². The lowest BCUT2D eigenvalue weighted by molar-refractivity contribution is 0.294. The molecule has 0 saturated carbocycles. The van der Waals surface area contributed by atoms with E-state index in [0.29, 0.717) is 24.4 Å². The molecule has 0 radical (unpaired) electrons. The molecular formula is C12H13ClFN3. The van der Waals surface area contributed by atoms with Gasteiger partial charge in [0, 0.05) is 18.0 Å². The number of halogens is 2. The molecule has 0 bridgehead atoms. The van der Waals surface area contributed by atoms with Crippen LogP contribution >= 0.6 is 11.6 Å². The zero-order valence-corrected chi connectivity index (χ0v) is 10.0. The van der Waals surface area contributed by atoms with E-state index in [4.69, 9.17) is 11.6 Å². The van der Waals surface area contributed by atoms with Crippen molar-refractivity contribution in [2.45, 2.75) is 25.6 Å². The summed E-state index contributed by atoms with van der Waals surface area (Å²) >= 11 is 5.76. The summed E-state index contributed by atoms with van der Waals surface area (Å²) < 4.78 is 15.3. The van der Waals surface area contributed by atoms with Crippen molar-refractivity contribution in [1.29, 1.82) is 0 Å². The summed E-state index contributed by atoms with van der Waals surface area (Å²) in [5.41, 5.74) is 0.959. The number of nitrogens with zero attached hydrogens (tertiary/aromatic N) is 3. The van der Waals surface area contributed by atoms with Gasteiger partial charge in [0.05, 0.1) is 0 Å². The first-order valence-electron chi connectivity index (χ1n) is 5.45. The SMILES string of the molecule is FC(CCn1cncn1)Cc1ccc(Cl)cc1. The Labute approximate surface area is 104 Å². The van der Waals surface area contributed by atoms with Crippen molar-refractivity contribution in [3.63, 3.8) is 0 Å². The van der Waals surface area contributed by atoms with Gasteiger partial charge in [-0.05, 0) is 24.1 Å². The van der Waals surface area contributed by atoms with Gasteiger partial charge in [-0.1, -0.05) is 23.7 Å². The van der Waals surface area contributed by atoms with E-state index in [1.165, 1.54) is 6.33 Å². The molecule has 0 fully saturated rings. The summed E-state index contributed by atoms with van der Waals surface area (Å²) in [6, 6.07) is 7.26. The van der Waals surface area contributed by atoms with Gasteiger partial charge in [0.1, 0.15) is 18.8 Å². The number of benzene rings is 1. The normalized spacial score (nSPS) is 12.6. The van der Waals surface area contributed by atoms with Crippen molar-refractivity contribution in [3.8, 4) is 0 Å². The molecule has 2 aromatic rings. The highest BCUT2D eigenvalue weighted by molar-refractivity contribution is 6.30. The summed E-state index contributed by atoms with van der Waals surface area (Å²) in [4.78, 5) is 3.81. The average Bonchev–Trinajstić information content (AvgIpc) is 2.83. The van der Waals surface area contributed by atoms with Crippen molar-refractivity contribution in [3.05, 3.63) is 47.5 Å². The topological polar surface area (TPSA) is 30.7 Å². The van der Waals surface area contributed by atoms with Gasteiger partial charge in [0.2, 0.25) is 0 Å². The van der Waals surface area contributed by atoms with Crippen molar-refractivity contribution < 1.29 is 4.39 Å². The molecule has 17 heavy (non-hydrogen) atoms. The molecule has 0 aliphatic heterocycles. The Bertz CT molecular complexity index is 441. The second kappa shape index (κ2) is 5.77. The number of aromatic nitrogens is 3.